The van der Waals surface area contributed by atoms with E-state index in [2.05, 4.69) is 46.2 Å². The summed E-state index contributed by atoms with van der Waals surface area (Å²) in [5.41, 5.74) is 4.05. The quantitative estimate of drug-likeness (QED) is 0.361. The van der Waals surface area contributed by atoms with Crippen molar-refractivity contribution < 1.29 is 18.3 Å². The number of hydrogen-bond donors (Lipinski definition) is 0. The number of carbonyl (C=O) groups excluding carboxylic acids is 1. The van der Waals surface area contributed by atoms with Gasteiger partial charge in [-0.1, -0.05) is 35.9 Å². The molecule has 4 heterocycles. The molecule has 1 spiro atoms. The minimum absolute atomic E-state index is 0.121. The Kier molecular flexibility index (Phi) is 7.99. The number of carbonyl (C=O) groups is 1. The topological polar surface area (TPSA) is 82.9 Å². The Hall–Kier alpha value is -3.35. The number of hydrogen-bond acceptors (Lipinski definition) is 8. The summed E-state index contributed by atoms with van der Waals surface area (Å²) in [6, 6.07) is 8.79. The Labute approximate surface area is 279 Å². The van der Waals surface area contributed by atoms with Crippen LogP contribution in [0, 0.1) is 5.41 Å². The van der Waals surface area contributed by atoms with E-state index in [1.54, 1.807) is 33.1 Å². The number of nitrogens with zero attached hydrogens (tertiary/aromatic N) is 8. The number of alkyl halides is 2. The molecule has 1 amide bonds. The minimum Gasteiger partial charge on any atom is -0.463 e. The van der Waals surface area contributed by atoms with Gasteiger partial charge in [-0.15, -0.1) is 0 Å². The molecule has 3 aromatic rings. The second kappa shape index (κ2) is 11.7. The smallest absolute Gasteiger partial charge is 0.318 e. The first-order chi connectivity index (χ1) is 22.3. The third-order valence-corrected chi connectivity index (χ3v) is 10.9. The second-order valence-corrected chi connectivity index (χ2v) is 14.7. The lowest BCUT2D eigenvalue weighted by Gasteiger charge is -2.49. The van der Waals surface area contributed by atoms with Crippen molar-refractivity contribution in [1.82, 2.24) is 34.4 Å². The zero-order valence-electron chi connectivity index (χ0n) is 27.8. The number of benzene rings is 1. The lowest BCUT2D eigenvalue weighted by atomic mass is 9.71. The van der Waals surface area contributed by atoms with Crippen molar-refractivity contribution in [2.24, 2.45) is 5.41 Å². The number of ether oxygens (including phenoxy) is 1. The van der Waals surface area contributed by atoms with Crippen molar-refractivity contribution in [2.45, 2.75) is 69.6 Å². The number of aryl methyl sites for hydroxylation is 2. The van der Waals surface area contributed by atoms with Crippen molar-refractivity contribution >= 4 is 23.3 Å². The van der Waals surface area contributed by atoms with E-state index in [1.807, 2.05) is 4.68 Å². The molecular formula is C34H43ClF2N8O2. The summed E-state index contributed by atoms with van der Waals surface area (Å²) in [7, 11) is 9.13. The third kappa shape index (κ3) is 5.46. The molecule has 2 aromatic heterocycles. The zero-order valence-corrected chi connectivity index (χ0v) is 28.6. The van der Waals surface area contributed by atoms with Gasteiger partial charge in [-0.05, 0) is 58.0 Å². The molecule has 13 heteroatoms. The minimum atomic E-state index is -2.80. The van der Waals surface area contributed by atoms with Gasteiger partial charge in [-0.2, -0.15) is 15.1 Å². The van der Waals surface area contributed by atoms with Crippen molar-refractivity contribution in [3.63, 3.8) is 0 Å². The monoisotopic (exact) mass is 668 g/mol. The average molecular weight is 669 g/mol. The average Bonchev–Trinajstić information content (AvgIpc) is 3.52. The van der Waals surface area contributed by atoms with E-state index in [1.165, 1.54) is 16.0 Å². The number of likely N-dealkylation sites (N-methyl/N-ethyl adjacent to an activating group) is 1. The van der Waals surface area contributed by atoms with Crippen LogP contribution in [-0.2, 0) is 38.0 Å². The number of rotatable bonds is 7. The van der Waals surface area contributed by atoms with E-state index < -0.39 is 11.3 Å². The summed E-state index contributed by atoms with van der Waals surface area (Å²) in [5.74, 6) is -2.33. The fourth-order valence-electron chi connectivity index (χ4n) is 7.98. The van der Waals surface area contributed by atoms with E-state index in [0.29, 0.717) is 43.4 Å². The van der Waals surface area contributed by atoms with Gasteiger partial charge in [0.25, 0.3) is 11.8 Å². The molecule has 0 N–H and O–H groups in total. The summed E-state index contributed by atoms with van der Waals surface area (Å²) in [4.78, 5) is 30.6. The molecule has 7 rings (SSSR count). The van der Waals surface area contributed by atoms with E-state index in [0.717, 1.165) is 42.6 Å². The standard InChI is InChI=1S/C34H43ClF2N8O2/c1-41(2)20-32(19-34(32,36)37)21-47-31-38-25-16-33(13-8-11-22-10-6-7-12-24(22)33)43(5)17-23(25)29(39-31)44-14-9-15-45-26(18-44)27(35)28(40-45)30(46)42(3)4/h6-7,10,12H,8-9,11,13-21H2,1-5H3/t32?,33-/m0/s1. The highest BCUT2D eigenvalue weighted by atomic mass is 35.5. The normalized spacial score (nSPS) is 24.8. The van der Waals surface area contributed by atoms with Crippen molar-refractivity contribution in [1.29, 1.82) is 0 Å². The van der Waals surface area contributed by atoms with E-state index in [4.69, 9.17) is 26.3 Å². The van der Waals surface area contributed by atoms with Gasteiger partial charge in [-0.25, -0.2) is 8.78 Å². The van der Waals surface area contributed by atoms with E-state index >= 15 is 0 Å². The first-order valence-electron chi connectivity index (χ1n) is 16.4. The van der Waals surface area contributed by atoms with Gasteiger partial charge in [0.1, 0.15) is 12.4 Å². The number of anilines is 1. The van der Waals surface area contributed by atoms with Gasteiger partial charge in [0, 0.05) is 58.7 Å². The van der Waals surface area contributed by atoms with Crippen LogP contribution >= 0.6 is 11.6 Å². The molecular weight excluding hydrogens is 626 g/mol. The maximum atomic E-state index is 14.7. The molecule has 0 radical (unpaired) electrons. The van der Waals surface area contributed by atoms with Crippen LogP contribution in [0.15, 0.2) is 24.3 Å². The van der Waals surface area contributed by atoms with Crippen molar-refractivity contribution in [3.05, 3.63) is 63.1 Å². The second-order valence-electron chi connectivity index (χ2n) is 14.3. The van der Waals surface area contributed by atoms with Crippen molar-refractivity contribution in [2.75, 3.05) is 59.8 Å². The highest BCUT2D eigenvalue weighted by Crippen LogP contribution is 2.60. The Morgan fingerprint density at radius 3 is 2.57 bits per heavy atom. The molecule has 1 unspecified atom stereocenters. The van der Waals surface area contributed by atoms with Gasteiger partial charge in [0.2, 0.25) is 0 Å². The lowest BCUT2D eigenvalue weighted by molar-refractivity contribution is 0.0284. The molecule has 2 aliphatic heterocycles. The van der Waals surface area contributed by atoms with Crippen LogP contribution in [0.5, 0.6) is 6.01 Å². The van der Waals surface area contributed by atoms with Gasteiger partial charge >= 0.3 is 6.01 Å². The van der Waals surface area contributed by atoms with Crippen molar-refractivity contribution in [3.8, 4) is 6.01 Å². The van der Waals surface area contributed by atoms with E-state index in [9.17, 15) is 13.6 Å². The Bertz CT molecular complexity index is 1710. The summed E-state index contributed by atoms with van der Waals surface area (Å²) in [5, 5.41) is 4.92. The van der Waals surface area contributed by atoms with Crippen LogP contribution in [0.25, 0.3) is 0 Å². The number of amides is 1. The van der Waals surface area contributed by atoms with Crippen LogP contribution < -0.4 is 9.64 Å². The molecule has 10 nitrogen and oxygen atoms in total. The summed E-state index contributed by atoms with van der Waals surface area (Å²) in [6.07, 6.45) is 4.31. The summed E-state index contributed by atoms with van der Waals surface area (Å²) < 4.78 is 37.4. The van der Waals surface area contributed by atoms with E-state index in [-0.39, 0.29) is 42.7 Å². The van der Waals surface area contributed by atoms with Gasteiger partial charge in [0.05, 0.1) is 33.9 Å². The molecule has 1 fully saturated rings. The van der Waals surface area contributed by atoms with Crippen LogP contribution in [0.2, 0.25) is 5.02 Å². The highest BCUT2D eigenvalue weighted by molar-refractivity contribution is 6.34. The summed E-state index contributed by atoms with van der Waals surface area (Å²) >= 11 is 6.83. The number of aromatic nitrogens is 4. The maximum Gasteiger partial charge on any atom is 0.318 e. The predicted molar refractivity (Wildman–Crippen MR) is 175 cm³/mol. The molecule has 0 bridgehead atoms. The van der Waals surface area contributed by atoms with Gasteiger partial charge in [-0.3, -0.25) is 14.4 Å². The fraction of sp³-hybridized carbons (Fsp3) is 0.588. The molecule has 2 aliphatic carbocycles. The molecule has 47 heavy (non-hydrogen) atoms. The first kappa shape index (κ1) is 32.2. The van der Waals surface area contributed by atoms with Crippen LogP contribution in [0.1, 0.15) is 64.2 Å². The Morgan fingerprint density at radius 2 is 1.85 bits per heavy atom. The SMILES string of the molecule is CN(C)CC1(COc2nc3c(c(N4CCCn5nc(C(=O)N(C)C)c(Cl)c5C4)n2)CN(C)[C@@]2(CCCc4ccccc42)C3)CC1(F)F. The lowest BCUT2D eigenvalue weighted by Crippen LogP contribution is -2.51. The molecule has 2 atom stereocenters. The van der Waals surface area contributed by atoms with Crippen LogP contribution in [0.3, 0.4) is 0 Å². The molecule has 1 aromatic carbocycles. The Morgan fingerprint density at radius 1 is 1.09 bits per heavy atom. The van der Waals surface area contributed by atoms with Gasteiger partial charge < -0.3 is 19.4 Å². The van der Waals surface area contributed by atoms with Gasteiger partial charge in [0.15, 0.2) is 5.69 Å². The highest BCUT2D eigenvalue weighted by Gasteiger charge is 2.71. The fourth-order valence-corrected chi connectivity index (χ4v) is 8.26. The third-order valence-electron chi connectivity index (χ3n) is 10.5. The zero-order chi connectivity index (χ0) is 33.3. The maximum absolute atomic E-state index is 14.7. The number of fused-ring (bicyclic) bond motifs is 4. The molecule has 4 aliphatic rings. The molecule has 1 saturated carbocycles. The van der Waals surface area contributed by atoms with Crippen LogP contribution in [-0.4, -0.2) is 101 Å². The van der Waals surface area contributed by atoms with Crippen LogP contribution in [0.4, 0.5) is 14.6 Å². The number of halogens is 3. The first-order valence-corrected chi connectivity index (χ1v) is 16.8. The predicted octanol–water partition coefficient (Wildman–Crippen LogP) is 4.62. The largest absolute Gasteiger partial charge is 0.463 e. The Balaban J connectivity index is 1.29. The molecule has 252 valence electrons. The summed E-state index contributed by atoms with van der Waals surface area (Å²) in [6.45, 7) is 2.32. The molecule has 0 saturated heterocycles.